The fourth-order valence-electron chi connectivity index (χ4n) is 1.53. The molecule has 20 heavy (non-hydrogen) atoms. The van der Waals surface area contributed by atoms with Crippen molar-refractivity contribution in [1.82, 2.24) is 15.4 Å². The first-order valence-electron chi connectivity index (χ1n) is 5.90. The van der Waals surface area contributed by atoms with E-state index in [2.05, 4.69) is 20.7 Å². The Balaban J connectivity index is 1.74. The monoisotopic (exact) mass is 306 g/mol. The van der Waals surface area contributed by atoms with Crippen molar-refractivity contribution in [2.24, 2.45) is 0 Å². The minimum atomic E-state index is -0.352. The molecule has 1 N–H and O–H groups in total. The molecule has 102 valence electrons. The smallest absolute Gasteiger partial charge is 0.279 e. The summed E-state index contributed by atoms with van der Waals surface area (Å²) in [6, 6.07) is 5.43. The van der Waals surface area contributed by atoms with Crippen molar-refractivity contribution in [2.45, 2.75) is 13.3 Å². The lowest BCUT2D eigenvalue weighted by molar-refractivity contribution is 0.101. The number of aryl methyl sites for hydroxylation is 1. The van der Waals surface area contributed by atoms with Gasteiger partial charge in [0, 0.05) is 6.07 Å². The zero-order valence-corrected chi connectivity index (χ0v) is 12.1. The maximum Gasteiger partial charge on any atom is 0.279 e. The number of amides is 1. The maximum absolute atomic E-state index is 12.0. The molecule has 0 atom stereocenters. The molecule has 8 heteroatoms. The molecule has 0 aromatic carbocycles. The van der Waals surface area contributed by atoms with Gasteiger partial charge in [0.1, 0.15) is 5.01 Å². The van der Waals surface area contributed by atoms with Crippen molar-refractivity contribution >= 4 is 33.7 Å². The maximum atomic E-state index is 12.0. The van der Waals surface area contributed by atoms with Crippen LogP contribution in [-0.2, 0) is 6.42 Å². The van der Waals surface area contributed by atoms with E-state index in [0.29, 0.717) is 10.9 Å². The van der Waals surface area contributed by atoms with Crippen molar-refractivity contribution in [3.63, 3.8) is 0 Å². The van der Waals surface area contributed by atoms with E-state index < -0.39 is 0 Å². The third-order valence-electron chi connectivity index (χ3n) is 2.50. The Morgan fingerprint density at radius 2 is 2.35 bits per heavy atom. The summed E-state index contributed by atoms with van der Waals surface area (Å²) in [7, 11) is 0. The van der Waals surface area contributed by atoms with Crippen LogP contribution in [0.3, 0.4) is 0 Å². The number of anilines is 1. The normalized spacial score (nSPS) is 10.7. The highest BCUT2D eigenvalue weighted by Gasteiger charge is 2.16. The van der Waals surface area contributed by atoms with Gasteiger partial charge in [-0.05, 0) is 17.9 Å². The van der Waals surface area contributed by atoms with E-state index >= 15 is 0 Å². The summed E-state index contributed by atoms with van der Waals surface area (Å²) in [6.07, 6.45) is 0.792. The fraction of sp³-hybridized carbons (Fsp3) is 0.167. The number of nitrogens with zero attached hydrogens (tertiary/aromatic N) is 3. The Hall–Kier alpha value is -2.06. The lowest BCUT2D eigenvalue weighted by atomic mass is 10.3. The van der Waals surface area contributed by atoms with Crippen molar-refractivity contribution in [2.75, 3.05) is 5.32 Å². The number of hydrogen-bond acceptors (Lipinski definition) is 7. The van der Waals surface area contributed by atoms with Gasteiger partial charge in [-0.2, -0.15) is 0 Å². The topological polar surface area (TPSA) is 80.9 Å². The number of carbonyl (C=O) groups excluding carboxylic acids is 1. The van der Waals surface area contributed by atoms with Crippen LogP contribution in [-0.4, -0.2) is 21.3 Å². The molecule has 0 radical (unpaired) electrons. The Morgan fingerprint density at radius 3 is 3.05 bits per heavy atom. The van der Waals surface area contributed by atoms with Crippen molar-refractivity contribution < 1.29 is 9.32 Å². The van der Waals surface area contributed by atoms with E-state index in [9.17, 15) is 4.79 Å². The van der Waals surface area contributed by atoms with Gasteiger partial charge in [0.15, 0.2) is 11.5 Å². The third kappa shape index (κ3) is 2.61. The number of hydrogen-bond donors (Lipinski definition) is 1. The minimum absolute atomic E-state index is 0.224. The highest BCUT2D eigenvalue weighted by Crippen LogP contribution is 2.25. The van der Waals surface area contributed by atoms with Crippen LogP contribution >= 0.6 is 22.7 Å². The second-order valence-corrected chi connectivity index (χ2v) is 5.87. The van der Waals surface area contributed by atoms with Crippen molar-refractivity contribution in [3.05, 3.63) is 34.3 Å². The summed E-state index contributed by atoms with van der Waals surface area (Å²) in [5.74, 6) is 0.229. The largest absolute Gasteiger partial charge is 0.355 e. The van der Waals surface area contributed by atoms with Crippen LogP contribution in [0.25, 0.3) is 10.6 Å². The van der Waals surface area contributed by atoms with Crippen LogP contribution in [0.2, 0.25) is 0 Å². The average molecular weight is 306 g/mol. The van der Waals surface area contributed by atoms with Gasteiger partial charge in [-0.1, -0.05) is 29.5 Å². The predicted octanol–water partition coefficient (Wildman–Crippen LogP) is 3.07. The second kappa shape index (κ2) is 5.51. The lowest BCUT2D eigenvalue weighted by Crippen LogP contribution is -2.11. The molecule has 0 aliphatic heterocycles. The van der Waals surface area contributed by atoms with Gasteiger partial charge in [-0.25, -0.2) is 0 Å². The first-order valence-corrected chi connectivity index (χ1v) is 7.60. The van der Waals surface area contributed by atoms with Crippen LogP contribution in [0.4, 0.5) is 5.13 Å². The van der Waals surface area contributed by atoms with Gasteiger partial charge >= 0.3 is 0 Å². The molecule has 0 saturated heterocycles. The van der Waals surface area contributed by atoms with Crippen molar-refractivity contribution in [1.29, 1.82) is 0 Å². The molecule has 0 unspecified atom stereocenters. The molecule has 0 saturated carbocycles. The summed E-state index contributed by atoms with van der Waals surface area (Å²) < 4.78 is 5.16. The number of nitrogens with one attached hydrogen (secondary N) is 1. The summed E-state index contributed by atoms with van der Waals surface area (Å²) >= 11 is 2.88. The molecule has 0 aliphatic carbocycles. The molecule has 0 bridgehead atoms. The number of rotatable bonds is 4. The molecule has 0 fully saturated rings. The van der Waals surface area contributed by atoms with E-state index in [4.69, 9.17) is 4.52 Å². The highest BCUT2D eigenvalue weighted by molar-refractivity contribution is 7.15. The van der Waals surface area contributed by atoms with Crippen LogP contribution in [0, 0.1) is 0 Å². The predicted molar refractivity (Wildman–Crippen MR) is 77.1 cm³/mol. The number of aromatic nitrogens is 3. The van der Waals surface area contributed by atoms with Crippen LogP contribution in [0.1, 0.15) is 22.4 Å². The molecule has 3 aromatic heterocycles. The Kier molecular flexibility index (Phi) is 3.57. The van der Waals surface area contributed by atoms with Crippen LogP contribution < -0.4 is 5.32 Å². The van der Waals surface area contributed by atoms with Gasteiger partial charge in [-0.15, -0.1) is 21.5 Å². The SMILES string of the molecule is CCc1nnc(NC(=O)c2cc(-c3cccs3)on2)s1. The summed E-state index contributed by atoms with van der Waals surface area (Å²) in [5.41, 5.74) is 0.224. The number of carbonyl (C=O) groups is 1. The fourth-order valence-corrected chi connectivity index (χ4v) is 2.87. The minimum Gasteiger partial charge on any atom is -0.355 e. The molecule has 3 heterocycles. The van der Waals surface area contributed by atoms with E-state index in [1.807, 2.05) is 24.4 Å². The molecule has 0 aliphatic rings. The van der Waals surface area contributed by atoms with E-state index in [-0.39, 0.29) is 11.6 Å². The quantitative estimate of drug-likeness (QED) is 0.801. The second-order valence-electron chi connectivity index (χ2n) is 3.86. The van der Waals surface area contributed by atoms with Crippen LogP contribution in [0.5, 0.6) is 0 Å². The zero-order chi connectivity index (χ0) is 13.9. The molecule has 0 spiro atoms. The zero-order valence-electron chi connectivity index (χ0n) is 10.5. The van der Waals surface area contributed by atoms with Gasteiger partial charge in [0.05, 0.1) is 4.88 Å². The Morgan fingerprint density at radius 1 is 1.45 bits per heavy atom. The molecule has 3 aromatic rings. The van der Waals surface area contributed by atoms with Gasteiger partial charge in [0.25, 0.3) is 5.91 Å². The van der Waals surface area contributed by atoms with Gasteiger partial charge in [0.2, 0.25) is 5.13 Å². The Bertz CT molecular complexity index is 717. The van der Waals surface area contributed by atoms with E-state index in [0.717, 1.165) is 16.3 Å². The highest BCUT2D eigenvalue weighted by atomic mass is 32.1. The molecular weight excluding hydrogens is 296 g/mol. The standard InChI is InChI=1S/C12H10N4O2S2/c1-2-10-14-15-12(20-10)13-11(17)7-6-8(18-16-7)9-4-3-5-19-9/h3-6H,2H2,1H3,(H,13,15,17). The summed E-state index contributed by atoms with van der Waals surface area (Å²) in [4.78, 5) is 12.9. The van der Waals surface area contributed by atoms with Crippen LogP contribution in [0.15, 0.2) is 28.1 Å². The summed E-state index contributed by atoms with van der Waals surface area (Å²) in [6.45, 7) is 1.98. The van der Waals surface area contributed by atoms with Gasteiger partial charge in [-0.3, -0.25) is 10.1 Å². The lowest BCUT2D eigenvalue weighted by Gasteiger charge is -1.94. The first kappa shape index (κ1) is 12.9. The Labute approximate surface area is 122 Å². The van der Waals surface area contributed by atoms with Crippen molar-refractivity contribution in [3.8, 4) is 10.6 Å². The third-order valence-corrected chi connectivity index (χ3v) is 4.36. The average Bonchev–Trinajstić information content (AvgIpc) is 3.19. The van der Waals surface area contributed by atoms with Gasteiger partial charge < -0.3 is 4.52 Å². The molecule has 1 amide bonds. The van der Waals surface area contributed by atoms with E-state index in [1.165, 1.54) is 22.7 Å². The van der Waals surface area contributed by atoms with E-state index in [1.54, 1.807) is 6.07 Å². The first-order chi connectivity index (χ1) is 9.76. The molecular formula is C12H10N4O2S2. The molecule has 3 rings (SSSR count). The molecule has 6 nitrogen and oxygen atoms in total. The summed E-state index contributed by atoms with van der Waals surface area (Å²) in [5, 5.41) is 17.5. The number of thiophene rings is 1.